The molecule has 1 unspecified atom stereocenters. The van der Waals surface area contributed by atoms with E-state index in [9.17, 15) is 9.59 Å². The summed E-state index contributed by atoms with van der Waals surface area (Å²) in [7, 11) is 0. The summed E-state index contributed by atoms with van der Waals surface area (Å²) in [6, 6.07) is -0.400. The summed E-state index contributed by atoms with van der Waals surface area (Å²) in [4.78, 5) is 24.6. The second kappa shape index (κ2) is 8.95. The van der Waals surface area contributed by atoms with Crippen LogP contribution in [0.3, 0.4) is 0 Å². The third kappa shape index (κ3) is 5.12. The fourth-order valence-electron chi connectivity index (χ4n) is 2.42. The molecule has 5 heteroatoms. The molecule has 0 amide bonds. The number of nitrogens with one attached hydrogen (secondary N) is 1. The van der Waals surface area contributed by atoms with Gasteiger partial charge in [0, 0.05) is 6.42 Å². The highest BCUT2D eigenvalue weighted by molar-refractivity contribution is 5.78. The maximum atomic E-state index is 11.9. The van der Waals surface area contributed by atoms with Gasteiger partial charge in [-0.25, -0.2) is 9.59 Å². The highest BCUT2D eigenvalue weighted by Gasteiger charge is 2.54. The van der Waals surface area contributed by atoms with E-state index in [1.807, 2.05) is 6.92 Å². The minimum Gasteiger partial charge on any atom is -0.462 e. The van der Waals surface area contributed by atoms with Crippen LogP contribution in [0.25, 0.3) is 0 Å². The van der Waals surface area contributed by atoms with Crippen molar-refractivity contribution in [1.82, 2.24) is 0 Å². The predicted octanol–water partition coefficient (Wildman–Crippen LogP) is 0.719. The first-order valence-corrected chi connectivity index (χ1v) is 7.84. The minimum atomic E-state index is -0.229. The number of hydrogen-bond acceptors (Lipinski definition) is 4. The van der Waals surface area contributed by atoms with Crippen LogP contribution in [-0.4, -0.2) is 43.8 Å². The maximum absolute atomic E-state index is 11.9. The summed E-state index contributed by atoms with van der Waals surface area (Å²) in [5.74, 6) is -0.373. The van der Waals surface area contributed by atoms with Crippen molar-refractivity contribution in [2.75, 3.05) is 19.8 Å². The SMILES string of the molecule is CCCCCCOC(=O)[C@@H]1C[NH+]1[C@@H](CC)C(=O)OCC. The van der Waals surface area contributed by atoms with Crippen LogP contribution in [0.1, 0.15) is 52.9 Å². The standard InChI is InChI=1S/C15H27NO4/c1-4-7-8-9-10-20-15(18)13-11-16(13)12(5-2)14(17)19-6-3/h12-13H,4-11H2,1-3H3/p+1/t12-,13-,16?/m0/s1. The molecule has 1 aliphatic heterocycles. The molecular weight excluding hydrogens is 258 g/mol. The van der Waals surface area contributed by atoms with Crippen molar-refractivity contribution >= 4 is 11.9 Å². The van der Waals surface area contributed by atoms with Crippen LogP contribution in [0, 0.1) is 0 Å². The molecule has 1 N–H and O–H groups in total. The molecule has 0 spiro atoms. The lowest BCUT2D eigenvalue weighted by molar-refractivity contribution is -0.790. The number of ether oxygens (including phenoxy) is 2. The van der Waals surface area contributed by atoms with Crippen LogP contribution < -0.4 is 4.90 Å². The molecule has 5 nitrogen and oxygen atoms in total. The topological polar surface area (TPSA) is 57.0 Å². The monoisotopic (exact) mass is 286 g/mol. The van der Waals surface area contributed by atoms with E-state index in [1.165, 1.54) is 12.8 Å². The third-order valence-corrected chi connectivity index (χ3v) is 3.68. The molecule has 0 saturated carbocycles. The van der Waals surface area contributed by atoms with Crippen molar-refractivity contribution in [3.8, 4) is 0 Å². The molecule has 116 valence electrons. The zero-order valence-electron chi connectivity index (χ0n) is 12.9. The Balaban J connectivity index is 2.26. The van der Waals surface area contributed by atoms with Gasteiger partial charge >= 0.3 is 11.9 Å². The predicted molar refractivity (Wildman–Crippen MR) is 75.4 cm³/mol. The number of unbranched alkanes of at least 4 members (excludes halogenated alkanes) is 3. The van der Waals surface area contributed by atoms with Gasteiger partial charge in [-0.05, 0) is 13.3 Å². The van der Waals surface area contributed by atoms with E-state index in [-0.39, 0.29) is 24.0 Å². The van der Waals surface area contributed by atoms with E-state index >= 15 is 0 Å². The van der Waals surface area contributed by atoms with Gasteiger partial charge in [0.1, 0.15) is 6.54 Å². The van der Waals surface area contributed by atoms with Crippen molar-refractivity contribution in [2.45, 2.75) is 65.0 Å². The molecule has 20 heavy (non-hydrogen) atoms. The number of carbonyl (C=O) groups is 2. The first-order valence-electron chi connectivity index (χ1n) is 7.84. The second-order valence-corrected chi connectivity index (χ2v) is 5.27. The molecular formula is C15H28NO4+. The summed E-state index contributed by atoms with van der Waals surface area (Å²) < 4.78 is 10.3. The van der Waals surface area contributed by atoms with Gasteiger partial charge in [0.25, 0.3) is 0 Å². The Kier molecular flexibility index (Phi) is 7.59. The summed E-state index contributed by atoms with van der Waals surface area (Å²) in [5, 5.41) is 0. The average Bonchev–Trinajstić information content (AvgIpc) is 3.20. The number of carbonyl (C=O) groups excluding carboxylic acids is 2. The van der Waals surface area contributed by atoms with Crippen LogP contribution in [0.15, 0.2) is 0 Å². The van der Waals surface area contributed by atoms with Crippen molar-refractivity contribution in [1.29, 1.82) is 0 Å². The fourth-order valence-corrected chi connectivity index (χ4v) is 2.42. The first kappa shape index (κ1) is 17.0. The molecule has 1 rings (SSSR count). The lowest BCUT2D eigenvalue weighted by Crippen LogP contribution is -3.01. The van der Waals surface area contributed by atoms with Crippen LogP contribution >= 0.6 is 0 Å². The summed E-state index contributed by atoms with van der Waals surface area (Å²) in [6.45, 7) is 7.46. The van der Waals surface area contributed by atoms with Gasteiger partial charge in [0.15, 0.2) is 6.04 Å². The van der Waals surface area contributed by atoms with Gasteiger partial charge in [-0.1, -0.05) is 33.1 Å². The molecule has 1 heterocycles. The molecule has 0 aliphatic carbocycles. The Bertz CT molecular complexity index is 319. The molecule has 0 radical (unpaired) electrons. The number of esters is 2. The minimum absolute atomic E-state index is 0.167. The molecule has 0 aromatic carbocycles. The van der Waals surface area contributed by atoms with E-state index in [2.05, 4.69) is 6.92 Å². The van der Waals surface area contributed by atoms with E-state index in [0.29, 0.717) is 26.2 Å². The molecule has 1 aliphatic rings. The van der Waals surface area contributed by atoms with Gasteiger partial charge in [-0.3, -0.25) is 0 Å². The maximum Gasteiger partial charge on any atom is 0.371 e. The Morgan fingerprint density at radius 2 is 1.90 bits per heavy atom. The number of rotatable bonds is 10. The van der Waals surface area contributed by atoms with Crippen molar-refractivity contribution in [3.63, 3.8) is 0 Å². The number of quaternary nitrogens is 1. The van der Waals surface area contributed by atoms with Crippen molar-refractivity contribution < 1.29 is 24.0 Å². The van der Waals surface area contributed by atoms with Crippen LogP contribution in [0.2, 0.25) is 0 Å². The summed E-state index contributed by atoms with van der Waals surface area (Å²) in [6.07, 6.45) is 5.07. The van der Waals surface area contributed by atoms with Gasteiger partial charge in [0.2, 0.25) is 6.04 Å². The van der Waals surface area contributed by atoms with E-state index in [1.54, 1.807) is 6.92 Å². The van der Waals surface area contributed by atoms with E-state index < -0.39 is 0 Å². The van der Waals surface area contributed by atoms with Crippen LogP contribution in [0.5, 0.6) is 0 Å². The normalized spacial score (nSPS) is 22.1. The van der Waals surface area contributed by atoms with Crippen LogP contribution in [0.4, 0.5) is 0 Å². The van der Waals surface area contributed by atoms with Crippen molar-refractivity contribution in [2.24, 2.45) is 0 Å². The highest BCUT2D eigenvalue weighted by Crippen LogP contribution is 2.03. The Morgan fingerprint density at radius 1 is 1.15 bits per heavy atom. The Morgan fingerprint density at radius 3 is 2.50 bits per heavy atom. The quantitative estimate of drug-likeness (QED) is 0.365. The Hall–Kier alpha value is -1.10. The highest BCUT2D eigenvalue weighted by atomic mass is 16.5. The lowest BCUT2D eigenvalue weighted by atomic mass is 10.2. The molecule has 1 fully saturated rings. The van der Waals surface area contributed by atoms with Gasteiger partial charge < -0.3 is 14.4 Å². The zero-order valence-corrected chi connectivity index (χ0v) is 12.9. The third-order valence-electron chi connectivity index (χ3n) is 3.68. The van der Waals surface area contributed by atoms with Gasteiger partial charge in [0.05, 0.1) is 13.2 Å². The van der Waals surface area contributed by atoms with Crippen LogP contribution in [-0.2, 0) is 19.1 Å². The van der Waals surface area contributed by atoms with Gasteiger partial charge in [-0.2, -0.15) is 0 Å². The smallest absolute Gasteiger partial charge is 0.371 e. The summed E-state index contributed by atoms with van der Waals surface area (Å²) in [5.41, 5.74) is 0. The molecule has 0 aromatic heterocycles. The van der Waals surface area contributed by atoms with Gasteiger partial charge in [-0.15, -0.1) is 0 Å². The second-order valence-electron chi connectivity index (χ2n) is 5.27. The summed E-state index contributed by atoms with van der Waals surface area (Å²) >= 11 is 0. The van der Waals surface area contributed by atoms with E-state index in [4.69, 9.17) is 9.47 Å². The zero-order chi connectivity index (χ0) is 15.0. The molecule has 1 saturated heterocycles. The molecule has 3 atom stereocenters. The van der Waals surface area contributed by atoms with E-state index in [0.717, 1.165) is 17.7 Å². The molecule has 0 bridgehead atoms. The number of hydrogen-bond donors (Lipinski definition) is 1. The fraction of sp³-hybridized carbons (Fsp3) is 0.867. The van der Waals surface area contributed by atoms with Crippen molar-refractivity contribution in [3.05, 3.63) is 0 Å². The largest absolute Gasteiger partial charge is 0.462 e. The molecule has 0 aromatic rings. The first-order chi connectivity index (χ1) is 9.65. The average molecular weight is 286 g/mol. The Labute approximate surface area is 121 Å². The lowest BCUT2D eigenvalue weighted by Gasteiger charge is -2.12.